The fourth-order valence-electron chi connectivity index (χ4n) is 3.41. The van der Waals surface area contributed by atoms with E-state index in [9.17, 15) is 0 Å². The van der Waals surface area contributed by atoms with Crippen LogP contribution in [0.15, 0.2) is 54.6 Å². The Morgan fingerprint density at radius 1 is 0.818 bits per heavy atom. The van der Waals surface area contributed by atoms with E-state index in [2.05, 4.69) is 47.4 Å². The topological polar surface area (TPSA) is 3.24 Å². The predicted octanol–water partition coefficient (Wildman–Crippen LogP) is 6.07. The molecule has 0 aliphatic heterocycles. The van der Waals surface area contributed by atoms with Gasteiger partial charge in [-0.2, -0.15) is 0 Å². The molecule has 1 aliphatic carbocycles. The summed E-state index contributed by atoms with van der Waals surface area (Å²) in [5.74, 6) is 0. The zero-order chi connectivity index (χ0) is 15.2. The van der Waals surface area contributed by atoms with Crippen molar-refractivity contribution in [2.75, 3.05) is 4.90 Å². The molecule has 1 fully saturated rings. The van der Waals surface area contributed by atoms with E-state index in [0.717, 1.165) is 11.6 Å². The maximum atomic E-state index is 6.07. The lowest BCUT2D eigenvalue weighted by Crippen LogP contribution is -2.34. The third kappa shape index (κ3) is 4.04. The maximum Gasteiger partial charge on any atom is 0.0432 e. The van der Waals surface area contributed by atoms with Crippen LogP contribution in [0.3, 0.4) is 0 Å². The third-order valence-corrected chi connectivity index (χ3v) is 4.87. The van der Waals surface area contributed by atoms with Crippen LogP contribution in [0.4, 0.5) is 5.69 Å². The maximum absolute atomic E-state index is 6.07. The lowest BCUT2D eigenvalue weighted by atomic mass is 10.0. The van der Waals surface area contributed by atoms with Gasteiger partial charge in [-0.05, 0) is 42.7 Å². The molecular weight excluding hydrogens is 290 g/mol. The van der Waals surface area contributed by atoms with Crippen LogP contribution >= 0.6 is 11.6 Å². The Hall–Kier alpha value is -1.47. The summed E-state index contributed by atoms with van der Waals surface area (Å²) in [4.78, 5) is 2.58. The van der Waals surface area contributed by atoms with Crippen molar-refractivity contribution in [1.82, 2.24) is 0 Å². The van der Waals surface area contributed by atoms with Gasteiger partial charge in [0.05, 0.1) is 0 Å². The Labute approximate surface area is 138 Å². The molecule has 0 N–H and O–H groups in total. The molecule has 0 spiro atoms. The second-order valence-corrected chi connectivity index (χ2v) is 6.67. The largest absolute Gasteiger partial charge is 0.364 e. The number of hydrogen-bond donors (Lipinski definition) is 0. The van der Waals surface area contributed by atoms with Crippen LogP contribution in [0.2, 0.25) is 5.02 Å². The first kappa shape index (κ1) is 15.4. The van der Waals surface area contributed by atoms with Crippen molar-refractivity contribution in [2.24, 2.45) is 0 Å². The van der Waals surface area contributed by atoms with Gasteiger partial charge in [0.2, 0.25) is 0 Å². The monoisotopic (exact) mass is 313 g/mol. The first-order valence-corrected chi connectivity index (χ1v) is 8.77. The van der Waals surface area contributed by atoms with Crippen molar-refractivity contribution < 1.29 is 0 Å². The van der Waals surface area contributed by atoms with Gasteiger partial charge in [-0.1, -0.05) is 67.6 Å². The van der Waals surface area contributed by atoms with Gasteiger partial charge in [0.25, 0.3) is 0 Å². The molecule has 0 amide bonds. The van der Waals surface area contributed by atoms with Crippen molar-refractivity contribution in [3.05, 3.63) is 65.2 Å². The van der Waals surface area contributed by atoms with Crippen LogP contribution in [-0.4, -0.2) is 6.04 Å². The summed E-state index contributed by atoms with van der Waals surface area (Å²) in [5.41, 5.74) is 2.67. The minimum absolute atomic E-state index is 0.642. The molecule has 0 aromatic heterocycles. The van der Waals surface area contributed by atoms with Crippen molar-refractivity contribution >= 4 is 17.3 Å². The molecule has 2 aromatic carbocycles. The first-order valence-electron chi connectivity index (χ1n) is 8.39. The van der Waals surface area contributed by atoms with Gasteiger partial charge in [-0.25, -0.2) is 0 Å². The average Bonchev–Trinajstić information content (AvgIpc) is 2.84. The molecule has 0 heterocycles. The first-order chi connectivity index (χ1) is 10.8. The molecule has 22 heavy (non-hydrogen) atoms. The fraction of sp³-hybridized carbons (Fsp3) is 0.400. The van der Waals surface area contributed by atoms with E-state index >= 15 is 0 Å². The normalized spacial score (nSPS) is 16.2. The highest BCUT2D eigenvalue weighted by Crippen LogP contribution is 2.29. The Morgan fingerprint density at radius 3 is 2.09 bits per heavy atom. The molecule has 0 radical (unpaired) electrons. The van der Waals surface area contributed by atoms with Crippen LogP contribution in [0.1, 0.15) is 44.1 Å². The molecule has 0 saturated heterocycles. The molecular formula is C20H24ClN. The van der Waals surface area contributed by atoms with Gasteiger partial charge < -0.3 is 4.90 Å². The Bertz CT molecular complexity index is 556. The van der Waals surface area contributed by atoms with Crippen molar-refractivity contribution in [3.8, 4) is 0 Å². The van der Waals surface area contributed by atoms with Gasteiger partial charge in [-0.3, -0.25) is 0 Å². The summed E-state index contributed by atoms with van der Waals surface area (Å²) < 4.78 is 0. The number of anilines is 1. The SMILES string of the molecule is Clc1ccc(N(Cc2ccccc2)C2CCCCCC2)cc1. The van der Waals surface area contributed by atoms with Crippen LogP contribution in [0, 0.1) is 0 Å². The zero-order valence-electron chi connectivity index (χ0n) is 13.0. The van der Waals surface area contributed by atoms with Crippen LogP contribution in [0.25, 0.3) is 0 Å². The standard InChI is InChI=1S/C20H24ClN/c21-18-12-14-20(15-13-18)22(16-17-8-4-3-5-9-17)19-10-6-1-2-7-11-19/h3-5,8-9,12-15,19H,1-2,6-7,10-11,16H2. The second-order valence-electron chi connectivity index (χ2n) is 6.24. The summed E-state index contributed by atoms with van der Waals surface area (Å²) in [6.07, 6.45) is 8.07. The molecule has 1 aliphatic rings. The van der Waals surface area contributed by atoms with Crippen LogP contribution in [-0.2, 0) is 6.54 Å². The average molecular weight is 314 g/mol. The van der Waals surface area contributed by atoms with Crippen LogP contribution < -0.4 is 4.90 Å². The lowest BCUT2D eigenvalue weighted by Gasteiger charge is -2.33. The van der Waals surface area contributed by atoms with E-state index in [1.54, 1.807) is 0 Å². The predicted molar refractivity (Wildman–Crippen MR) is 95.6 cm³/mol. The van der Waals surface area contributed by atoms with E-state index in [-0.39, 0.29) is 0 Å². The highest BCUT2D eigenvalue weighted by molar-refractivity contribution is 6.30. The Balaban J connectivity index is 1.85. The van der Waals surface area contributed by atoms with Gasteiger partial charge in [0.15, 0.2) is 0 Å². The van der Waals surface area contributed by atoms with Crippen molar-refractivity contribution in [2.45, 2.75) is 51.1 Å². The molecule has 0 bridgehead atoms. The summed E-state index contributed by atoms with van der Waals surface area (Å²) in [6.45, 7) is 0.979. The summed E-state index contributed by atoms with van der Waals surface area (Å²) >= 11 is 6.07. The van der Waals surface area contributed by atoms with Gasteiger partial charge in [0.1, 0.15) is 0 Å². The fourth-order valence-corrected chi connectivity index (χ4v) is 3.54. The molecule has 1 saturated carbocycles. The summed E-state index contributed by atoms with van der Waals surface area (Å²) in [5, 5.41) is 0.810. The zero-order valence-corrected chi connectivity index (χ0v) is 13.8. The molecule has 3 rings (SSSR count). The number of halogens is 1. The number of benzene rings is 2. The van der Waals surface area contributed by atoms with E-state index in [1.807, 2.05) is 12.1 Å². The Morgan fingerprint density at radius 2 is 1.45 bits per heavy atom. The number of hydrogen-bond acceptors (Lipinski definition) is 1. The van der Waals surface area contributed by atoms with Gasteiger partial charge >= 0.3 is 0 Å². The molecule has 2 heteroatoms. The minimum atomic E-state index is 0.642. The van der Waals surface area contributed by atoms with E-state index in [0.29, 0.717) is 6.04 Å². The van der Waals surface area contributed by atoms with Crippen molar-refractivity contribution in [1.29, 1.82) is 0 Å². The highest BCUT2D eigenvalue weighted by Gasteiger charge is 2.20. The molecule has 2 aromatic rings. The molecule has 116 valence electrons. The minimum Gasteiger partial charge on any atom is -0.364 e. The van der Waals surface area contributed by atoms with Crippen LogP contribution in [0.5, 0.6) is 0 Å². The molecule has 0 unspecified atom stereocenters. The lowest BCUT2D eigenvalue weighted by molar-refractivity contribution is 0.523. The van der Waals surface area contributed by atoms with Crippen molar-refractivity contribution in [3.63, 3.8) is 0 Å². The third-order valence-electron chi connectivity index (χ3n) is 4.62. The molecule has 0 atom stereocenters. The van der Waals surface area contributed by atoms with Gasteiger partial charge in [0, 0.05) is 23.3 Å². The highest BCUT2D eigenvalue weighted by atomic mass is 35.5. The number of rotatable bonds is 4. The summed E-state index contributed by atoms with van der Waals surface area (Å²) in [6, 6.07) is 19.8. The second kappa shape index (κ2) is 7.69. The van der Waals surface area contributed by atoms with Gasteiger partial charge in [-0.15, -0.1) is 0 Å². The number of nitrogens with zero attached hydrogens (tertiary/aromatic N) is 1. The van der Waals surface area contributed by atoms with E-state index in [4.69, 9.17) is 11.6 Å². The Kier molecular flexibility index (Phi) is 5.39. The smallest absolute Gasteiger partial charge is 0.0432 e. The van der Waals surface area contributed by atoms with E-state index < -0.39 is 0 Å². The molecule has 1 nitrogen and oxygen atoms in total. The summed E-state index contributed by atoms with van der Waals surface area (Å²) in [7, 11) is 0. The van der Waals surface area contributed by atoms with E-state index in [1.165, 1.54) is 49.8 Å². The quantitative estimate of drug-likeness (QED) is 0.619.